The molecule has 27 heavy (non-hydrogen) atoms. The molecule has 3 aliphatic rings. The molecule has 3 aromatic rings. The molecule has 0 bridgehead atoms. The summed E-state index contributed by atoms with van der Waals surface area (Å²) in [6.07, 6.45) is 8.45. The first-order valence-corrected chi connectivity index (χ1v) is 9.39. The van der Waals surface area contributed by atoms with Gasteiger partial charge < -0.3 is 9.80 Å². The second-order valence-corrected chi connectivity index (χ2v) is 8.02. The van der Waals surface area contributed by atoms with E-state index < -0.39 is 0 Å². The van der Waals surface area contributed by atoms with Crippen LogP contribution in [0.5, 0.6) is 0 Å². The zero-order valence-corrected chi connectivity index (χ0v) is 15.4. The number of para-hydroxylation sites is 2. The van der Waals surface area contributed by atoms with Crippen LogP contribution in [0.3, 0.4) is 0 Å². The van der Waals surface area contributed by atoms with Gasteiger partial charge in [-0.25, -0.2) is 9.97 Å². The van der Waals surface area contributed by atoms with E-state index in [4.69, 9.17) is 4.98 Å². The number of nitrogens with zero attached hydrogens (tertiary/aromatic N) is 4. The van der Waals surface area contributed by atoms with E-state index in [1.807, 2.05) is 6.20 Å². The first kappa shape index (κ1) is 15.0. The van der Waals surface area contributed by atoms with Crippen LogP contribution < -0.4 is 9.80 Å². The van der Waals surface area contributed by atoms with Crippen molar-refractivity contribution in [3.8, 4) is 0 Å². The molecule has 3 heterocycles. The maximum absolute atomic E-state index is 4.70. The predicted molar refractivity (Wildman–Crippen MR) is 108 cm³/mol. The zero-order valence-electron chi connectivity index (χ0n) is 15.4. The molecule has 4 nitrogen and oxygen atoms in total. The first-order valence-electron chi connectivity index (χ1n) is 9.39. The van der Waals surface area contributed by atoms with Crippen molar-refractivity contribution in [2.24, 2.45) is 5.41 Å². The summed E-state index contributed by atoms with van der Waals surface area (Å²) in [6, 6.07) is 19.3. The van der Waals surface area contributed by atoms with Crippen molar-refractivity contribution in [2.75, 3.05) is 9.80 Å². The Morgan fingerprint density at radius 1 is 0.852 bits per heavy atom. The lowest BCUT2D eigenvalue weighted by atomic mass is 9.50. The third-order valence-electron chi connectivity index (χ3n) is 6.83. The quantitative estimate of drug-likeness (QED) is 0.581. The van der Waals surface area contributed by atoms with Gasteiger partial charge in [0.1, 0.15) is 18.2 Å². The van der Waals surface area contributed by atoms with E-state index in [2.05, 4.69) is 95.4 Å². The summed E-state index contributed by atoms with van der Waals surface area (Å²) in [5.74, 6) is 0.974. The molecule has 132 valence electrons. The number of benzene rings is 2. The number of anilines is 4. The number of hydrogen-bond acceptors (Lipinski definition) is 4. The smallest absolute Gasteiger partial charge is 0.162 e. The van der Waals surface area contributed by atoms with Crippen molar-refractivity contribution in [3.63, 3.8) is 0 Å². The maximum atomic E-state index is 4.70. The Morgan fingerprint density at radius 2 is 1.63 bits per heavy atom. The number of rotatable bonds is 1. The monoisotopic (exact) mass is 352 g/mol. The van der Waals surface area contributed by atoms with Gasteiger partial charge in [0.2, 0.25) is 0 Å². The lowest BCUT2D eigenvalue weighted by molar-refractivity contribution is 0.174. The average molecular weight is 352 g/mol. The van der Waals surface area contributed by atoms with Crippen LogP contribution in [0.15, 0.2) is 79.3 Å². The molecule has 0 fully saturated rings. The summed E-state index contributed by atoms with van der Waals surface area (Å²) >= 11 is 0. The molecule has 2 aromatic carbocycles. The van der Waals surface area contributed by atoms with Gasteiger partial charge in [-0.15, -0.1) is 0 Å². The highest BCUT2D eigenvalue weighted by Gasteiger charge is 2.63. The average Bonchev–Trinajstić information content (AvgIpc) is 3.07. The highest BCUT2D eigenvalue weighted by molar-refractivity contribution is 5.89. The van der Waals surface area contributed by atoms with Crippen molar-refractivity contribution in [3.05, 3.63) is 84.8 Å². The molecular formula is C23H20N4. The van der Waals surface area contributed by atoms with Crippen molar-refractivity contribution < 1.29 is 0 Å². The van der Waals surface area contributed by atoms with E-state index in [0.717, 1.165) is 17.2 Å². The van der Waals surface area contributed by atoms with E-state index in [0.29, 0.717) is 0 Å². The molecule has 0 spiro atoms. The van der Waals surface area contributed by atoms with Gasteiger partial charge >= 0.3 is 0 Å². The van der Waals surface area contributed by atoms with Crippen LogP contribution in [-0.4, -0.2) is 16.1 Å². The SMILES string of the molecule is CC12C=CC1(C)C1N(c3ccccc32)c2cncnc2N1c1ccccc1. The molecule has 3 unspecified atom stereocenters. The fraction of sp³-hybridized carbons (Fsp3) is 0.217. The molecule has 2 aliphatic heterocycles. The normalized spacial score (nSPS) is 29.5. The Bertz CT molecular complexity index is 1090. The predicted octanol–water partition coefficient (Wildman–Crippen LogP) is 4.94. The van der Waals surface area contributed by atoms with Gasteiger partial charge in [0, 0.05) is 22.2 Å². The second kappa shape index (κ2) is 4.77. The van der Waals surface area contributed by atoms with Gasteiger partial charge in [-0.3, -0.25) is 0 Å². The van der Waals surface area contributed by atoms with Gasteiger partial charge in [0.25, 0.3) is 0 Å². The Kier molecular flexibility index (Phi) is 2.64. The number of allylic oxidation sites excluding steroid dienone is 1. The molecule has 3 atom stereocenters. The Hall–Kier alpha value is -3.14. The van der Waals surface area contributed by atoms with Gasteiger partial charge in [-0.1, -0.05) is 62.4 Å². The van der Waals surface area contributed by atoms with Gasteiger partial charge in [0.05, 0.1) is 6.20 Å². The summed E-state index contributed by atoms with van der Waals surface area (Å²) in [6.45, 7) is 4.73. The van der Waals surface area contributed by atoms with E-state index >= 15 is 0 Å². The Balaban J connectivity index is 1.69. The Labute approximate surface area is 158 Å². The number of aromatic nitrogens is 2. The topological polar surface area (TPSA) is 32.3 Å². The minimum atomic E-state index is -0.0438. The molecular weight excluding hydrogens is 332 g/mol. The van der Waals surface area contributed by atoms with Crippen molar-refractivity contribution in [1.82, 2.24) is 9.97 Å². The van der Waals surface area contributed by atoms with E-state index in [1.165, 1.54) is 11.3 Å². The minimum Gasteiger partial charge on any atom is -0.314 e. The van der Waals surface area contributed by atoms with Crippen LogP contribution in [0.2, 0.25) is 0 Å². The van der Waals surface area contributed by atoms with Crippen LogP contribution in [0.4, 0.5) is 22.9 Å². The fourth-order valence-corrected chi connectivity index (χ4v) is 5.14. The molecule has 0 radical (unpaired) electrons. The van der Waals surface area contributed by atoms with Crippen molar-refractivity contribution >= 4 is 22.9 Å². The maximum Gasteiger partial charge on any atom is 0.162 e. The third-order valence-corrected chi connectivity index (χ3v) is 6.83. The molecule has 0 N–H and O–H groups in total. The standard InChI is InChI=1S/C23H20N4/c1-22-12-13-23(22,2)21-26(16-8-4-3-5-9-16)20-19(14-24-15-25-20)27(21)18-11-7-6-10-17(18)22/h3-15,21H,1-2H3. The lowest BCUT2D eigenvalue weighted by Crippen LogP contribution is -2.64. The van der Waals surface area contributed by atoms with E-state index in [-0.39, 0.29) is 17.0 Å². The van der Waals surface area contributed by atoms with Gasteiger partial charge in [-0.05, 0) is 23.8 Å². The Morgan fingerprint density at radius 3 is 2.41 bits per heavy atom. The molecule has 0 saturated carbocycles. The van der Waals surface area contributed by atoms with Crippen molar-refractivity contribution in [1.29, 1.82) is 0 Å². The van der Waals surface area contributed by atoms with Crippen LogP contribution in [0.1, 0.15) is 19.4 Å². The molecule has 1 aromatic heterocycles. The van der Waals surface area contributed by atoms with Crippen molar-refractivity contribution in [2.45, 2.75) is 25.4 Å². The van der Waals surface area contributed by atoms with Crippen LogP contribution in [0, 0.1) is 5.41 Å². The van der Waals surface area contributed by atoms with Crippen LogP contribution >= 0.6 is 0 Å². The molecule has 0 amide bonds. The molecule has 4 heteroatoms. The number of hydrogen-bond donors (Lipinski definition) is 0. The zero-order chi connectivity index (χ0) is 18.2. The third kappa shape index (κ3) is 1.60. The highest BCUT2D eigenvalue weighted by atomic mass is 15.5. The molecule has 6 rings (SSSR count). The second-order valence-electron chi connectivity index (χ2n) is 8.02. The van der Waals surface area contributed by atoms with Crippen LogP contribution in [-0.2, 0) is 5.41 Å². The lowest BCUT2D eigenvalue weighted by Gasteiger charge is -2.61. The number of fused-ring (bicyclic) bond motifs is 8. The summed E-state index contributed by atoms with van der Waals surface area (Å²) in [5.41, 5.74) is 4.80. The summed E-state index contributed by atoms with van der Waals surface area (Å²) in [5, 5.41) is 0. The minimum absolute atomic E-state index is 0.00668. The fourth-order valence-electron chi connectivity index (χ4n) is 5.14. The summed E-state index contributed by atoms with van der Waals surface area (Å²) in [4.78, 5) is 13.9. The molecule has 0 saturated heterocycles. The summed E-state index contributed by atoms with van der Waals surface area (Å²) in [7, 11) is 0. The highest BCUT2D eigenvalue weighted by Crippen LogP contribution is 2.66. The first-order chi connectivity index (χ1) is 13.2. The largest absolute Gasteiger partial charge is 0.314 e. The van der Waals surface area contributed by atoms with Gasteiger partial charge in [0.15, 0.2) is 5.82 Å². The van der Waals surface area contributed by atoms with E-state index in [1.54, 1.807) is 6.33 Å². The molecule has 1 aliphatic carbocycles. The van der Waals surface area contributed by atoms with Crippen LogP contribution in [0.25, 0.3) is 0 Å². The van der Waals surface area contributed by atoms with E-state index in [9.17, 15) is 0 Å². The summed E-state index contributed by atoms with van der Waals surface area (Å²) < 4.78 is 0. The van der Waals surface area contributed by atoms with Gasteiger partial charge in [-0.2, -0.15) is 0 Å².